The third-order valence-corrected chi connectivity index (χ3v) is 5.74. The van der Waals surface area contributed by atoms with Crippen LogP contribution < -0.4 is 10.1 Å². The maximum atomic E-state index is 12.3. The van der Waals surface area contributed by atoms with Crippen molar-refractivity contribution < 1.29 is 14.3 Å². The summed E-state index contributed by atoms with van der Waals surface area (Å²) in [5.74, 6) is 2.17. The highest BCUT2D eigenvalue weighted by atomic mass is 16.5. The summed E-state index contributed by atoms with van der Waals surface area (Å²) in [5.41, 5.74) is 0.671. The van der Waals surface area contributed by atoms with E-state index in [1.807, 2.05) is 19.9 Å². The SMILES string of the molecule is COC(=O)C(C)(C)C(c1cccc(OCC2CCNCC2)c1)C1CC1. The summed E-state index contributed by atoms with van der Waals surface area (Å²) < 4.78 is 11.2. The third-order valence-electron chi connectivity index (χ3n) is 5.74. The first-order valence-corrected chi connectivity index (χ1v) is 9.54. The van der Waals surface area contributed by atoms with Gasteiger partial charge >= 0.3 is 5.97 Å². The summed E-state index contributed by atoms with van der Waals surface area (Å²) in [6, 6.07) is 8.34. The normalized spacial score (nSPS) is 20.1. The van der Waals surface area contributed by atoms with Gasteiger partial charge in [0.05, 0.1) is 19.1 Å². The molecule has 1 unspecified atom stereocenters. The monoisotopic (exact) mass is 345 g/mol. The highest BCUT2D eigenvalue weighted by Gasteiger charge is 2.47. The van der Waals surface area contributed by atoms with Crippen LogP contribution in [0.3, 0.4) is 0 Å². The zero-order valence-corrected chi connectivity index (χ0v) is 15.7. The molecule has 1 aromatic carbocycles. The number of carbonyl (C=O) groups excluding carboxylic acids is 1. The lowest BCUT2D eigenvalue weighted by molar-refractivity contribution is -0.152. The van der Waals surface area contributed by atoms with Crippen LogP contribution in [-0.2, 0) is 9.53 Å². The molecule has 3 rings (SSSR count). The van der Waals surface area contributed by atoms with Gasteiger partial charge in [-0.25, -0.2) is 0 Å². The van der Waals surface area contributed by atoms with Crippen LogP contribution in [0.5, 0.6) is 5.75 Å². The fraction of sp³-hybridized carbons (Fsp3) is 0.667. The molecule has 2 aliphatic rings. The molecule has 1 aromatic rings. The predicted octanol–water partition coefficient (Wildman–Crippen LogP) is 3.76. The van der Waals surface area contributed by atoms with Crippen molar-refractivity contribution >= 4 is 5.97 Å². The fourth-order valence-corrected chi connectivity index (χ4v) is 4.16. The van der Waals surface area contributed by atoms with Crippen molar-refractivity contribution in [1.29, 1.82) is 0 Å². The van der Waals surface area contributed by atoms with Gasteiger partial charge in [-0.15, -0.1) is 0 Å². The molecule has 0 aromatic heterocycles. The Hall–Kier alpha value is -1.55. The van der Waals surface area contributed by atoms with Crippen molar-refractivity contribution in [2.75, 3.05) is 26.8 Å². The number of esters is 1. The molecule has 0 radical (unpaired) electrons. The van der Waals surface area contributed by atoms with Gasteiger partial charge in [-0.1, -0.05) is 12.1 Å². The lowest BCUT2D eigenvalue weighted by Gasteiger charge is -2.32. The quantitative estimate of drug-likeness (QED) is 0.765. The zero-order valence-electron chi connectivity index (χ0n) is 15.7. The number of carbonyl (C=O) groups is 1. The van der Waals surface area contributed by atoms with Gasteiger partial charge in [0, 0.05) is 5.92 Å². The van der Waals surface area contributed by atoms with Crippen molar-refractivity contribution in [1.82, 2.24) is 5.32 Å². The van der Waals surface area contributed by atoms with E-state index in [0.29, 0.717) is 11.8 Å². The van der Waals surface area contributed by atoms with E-state index in [0.717, 1.165) is 25.4 Å². The smallest absolute Gasteiger partial charge is 0.311 e. The first-order valence-electron chi connectivity index (χ1n) is 9.54. The van der Waals surface area contributed by atoms with Crippen LogP contribution in [0.25, 0.3) is 0 Å². The summed E-state index contributed by atoms with van der Waals surface area (Å²) in [4.78, 5) is 12.3. The van der Waals surface area contributed by atoms with Gasteiger partial charge < -0.3 is 14.8 Å². The van der Waals surface area contributed by atoms with E-state index in [1.165, 1.54) is 38.4 Å². The van der Waals surface area contributed by atoms with Gasteiger partial charge in [0.25, 0.3) is 0 Å². The van der Waals surface area contributed by atoms with Crippen molar-refractivity contribution in [3.63, 3.8) is 0 Å². The van der Waals surface area contributed by atoms with E-state index in [4.69, 9.17) is 9.47 Å². The van der Waals surface area contributed by atoms with E-state index in [2.05, 4.69) is 23.5 Å². The van der Waals surface area contributed by atoms with Gasteiger partial charge in [0.1, 0.15) is 5.75 Å². The summed E-state index contributed by atoms with van der Waals surface area (Å²) in [6.45, 7) is 6.96. The molecule has 4 heteroatoms. The topological polar surface area (TPSA) is 47.6 Å². The molecule has 1 aliphatic carbocycles. The summed E-state index contributed by atoms with van der Waals surface area (Å²) >= 11 is 0. The van der Waals surface area contributed by atoms with Gasteiger partial charge in [-0.05, 0) is 82.2 Å². The highest BCUT2D eigenvalue weighted by molar-refractivity contribution is 5.77. The largest absolute Gasteiger partial charge is 0.493 e. The maximum absolute atomic E-state index is 12.3. The van der Waals surface area contributed by atoms with E-state index < -0.39 is 5.41 Å². The second kappa shape index (κ2) is 7.77. The lowest BCUT2D eigenvalue weighted by atomic mass is 9.72. The second-order valence-corrected chi connectivity index (χ2v) is 8.11. The lowest BCUT2D eigenvalue weighted by Crippen LogP contribution is -2.34. The number of piperidine rings is 1. The standard InChI is InChI=1S/C21H31NO3/c1-21(2,20(23)24-3)19(16-7-8-16)17-5-4-6-18(13-17)25-14-15-9-11-22-12-10-15/h4-6,13,15-16,19,22H,7-12,14H2,1-3H3. The number of ether oxygens (including phenoxy) is 2. The molecule has 1 saturated heterocycles. The molecule has 0 spiro atoms. The van der Waals surface area contributed by atoms with Crippen LogP contribution in [0.1, 0.15) is 51.0 Å². The minimum Gasteiger partial charge on any atom is -0.493 e. The van der Waals surface area contributed by atoms with E-state index in [1.54, 1.807) is 0 Å². The van der Waals surface area contributed by atoms with Crippen LogP contribution in [0.2, 0.25) is 0 Å². The molecule has 138 valence electrons. The number of benzene rings is 1. The highest BCUT2D eigenvalue weighted by Crippen LogP contribution is 2.52. The first kappa shape index (κ1) is 18.2. The molecule has 1 aliphatic heterocycles. The van der Waals surface area contributed by atoms with Crippen LogP contribution >= 0.6 is 0 Å². The Labute approximate surface area is 151 Å². The number of rotatable bonds is 7. The summed E-state index contributed by atoms with van der Waals surface area (Å²) in [6.07, 6.45) is 4.73. The molecule has 1 N–H and O–H groups in total. The van der Waals surface area contributed by atoms with Gasteiger partial charge in [0.2, 0.25) is 0 Å². The second-order valence-electron chi connectivity index (χ2n) is 8.11. The average molecular weight is 345 g/mol. The maximum Gasteiger partial charge on any atom is 0.311 e. The van der Waals surface area contributed by atoms with Crippen molar-refractivity contribution in [3.05, 3.63) is 29.8 Å². The van der Waals surface area contributed by atoms with Gasteiger partial charge in [-0.2, -0.15) is 0 Å². The number of nitrogens with one attached hydrogen (secondary N) is 1. The van der Waals surface area contributed by atoms with Crippen LogP contribution in [0, 0.1) is 17.3 Å². The van der Waals surface area contributed by atoms with Crippen molar-refractivity contribution in [3.8, 4) is 5.75 Å². The molecule has 1 atom stereocenters. The molecular formula is C21H31NO3. The van der Waals surface area contributed by atoms with E-state index >= 15 is 0 Å². The predicted molar refractivity (Wildman–Crippen MR) is 98.8 cm³/mol. The number of hydrogen-bond acceptors (Lipinski definition) is 4. The van der Waals surface area contributed by atoms with Crippen molar-refractivity contribution in [2.45, 2.75) is 45.4 Å². The molecule has 25 heavy (non-hydrogen) atoms. The Morgan fingerprint density at radius 2 is 1.96 bits per heavy atom. The van der Waals surface area contributed by atoms with Crippen LogP contribution in [-0.4, -0.2) is 32.8 Å². The van der Waals surface area contributed by atoms with Crippen LogP contribution in [0.4, 0.5) is 0 Å². The molecule has 4 nitrogen and oxygen atoms in total. The van der Waals surface area contributed by atoms with Crippen molar-refractivity contribution in [2.24, 2.45) is 17.3 Å². The Morgan fingerprint density at radius 1 is 1.24 bits per heavy atom. The Kier molecular flexibility index (Phi) is 5.67. The summed E-state index contributed by atoms with van der Waals surface area (Å²) in [7, 11) is 1.48. The average Bonchev–Trinajstić information content (AvgIpc) is 3.45. The molecular weight excluding hydrogens is 314 g/mol. The molecule has 1 saturated carbocycles. The molecule has 1 heterocycles. The zero-order chi connectivity index (χ0) is 17.9. The Bertz CT molecular complexity index is 589. The minimum atomic E-state index is -0.524. The van der Waals surface area contributed by atoms with Gasteiger partial charge in [-0.3, -0.25) is 4.79 Å². The van der Waals surface area contributed by atoms with Crippen LogP contribution in [0.15, 0.2) is 24.3 Å². The molecule has 0 amide bonds. The van der Waals surface area contributed by atoms with Gasteiger partial charge in [0.15, 0.2) is 0 Å². The molecule has 0 bridgehead atoms. The van der Waals surface area contributed by atoms with E-state index in [9.17, 15) is 4.79 Å². The third kappa shape index (κ3) is 4.35. The minimum absolute atomic E-state index is 0.134. The van der Waals surface area contributed by atoms with E-state index in [-0.39, 0.29) is 11.9 Å². The first-order chi connectivity index (χ1) is 12.0. The fourth-order valence-electron chi connectivity index (χ4n) is 4.16. The number of methoxy groups -OCH3 is 1. The molecule has 2 fully saturated rings. The summed E-state index contributed by atoms with van der Waals surface area (Å²) in [5, 5.41) is 3.39. The Morgan fingerprint density at radius 3 is 2.60 bits per heavy atom. The Balaban J connectivity index is 1.73. The number of hydrogen-bond donors (Lipinski definition) is 1.